The topological polar surface area (TPSA) is 108 Å². The van der Waals surface area contributed by atoms with Gasteiger partial charge in [-0.05, 0) is 6.42 Å². The van der Waals surface area contributed by atoms with Gasteiger partial charge >= 0.3 is 0 Å². The minimum atomic E-state index is -1.27. The summed E-state index contributed by atoms with van der Waals surface area (Å²) in [4.78, 5) is 11.3. The molecular weight excluding hydrogens is 314 g/mol. The van der Waals surface area contributed by atoms with Gasteiger partial charge in [-0.3, -0.25) is 4.79 Å². The van der Waals surface area contributed by atoms with Gasteiger partial charge in [0.05, 0.1) is 6.61 Å². The van der Waals surface area contributed by atoms with Crippen molar-refractivity contribution in [3.05, 3.63) is 0 Å². The van der Waals surface area contributed by atoms with Crippen molar-refractivity contribution in [3.63, 3.8) is 0 Å². The second kappa shape index (κ2) is 11.8. The molecule has 1 aliphatic rings. The van der Waals surface area contributed by atoms with Crippen LogP contribution < -0.4 is 5.32 Å². The Morgan fingerprint density at radius 2 is 1.71 bits per heavy atom. The molecule has 0 unspecified atom stereocenters. The summed E-state index contributed by atoms with van der Waals surface area (Å²) in [6.45, 7) is 3.52. The van der Waals surface area contributed by atoms with E-state index < -0.39 is 37.3 Å². The van der Waals surface area contributed by atoms with Gasteiger partial charge < -0.3 is 30.1 Å². The minimum Gasteiger partial charge on any atom is -0.394 e. The third-order valence-corrected chi connectivity index (χ3v) is 4.28. The molecule has 1 heterocycles. The fourth-order valence-electron chi connectivity index (χ4n) is 2.87. The molecule has 0 bridgehead atoms. The number of hydrogen-bond donors (Lipinski definition) is 4. The maximum atomic E-state index is 11.3. The van der Waals surface area contributed by atoms with Gasteiger partial charge in [0.15, 0.2) is 6.29 Å². The van der Waals surface area contributed by atoms with Crippen LogP contribution in [-0.2, 0) is 14.3 Å². The van der Waals surface area contributed by atoms with Gasteiger partial charge in [0.25, 0.3) is 0 Å². The fourth-order valence-corrected chi connectivity index (χ4v) is 2.87. The molecule has 0 saturated carbocycles. The molecule has 4 N–H and O–H groups in total. The molecule has 0 aromatic heterocycles. The first-order valence-corrected chi connectivity index (χ1v) is 9.02. The number of amides is 1. The van der Waals surface area contributed by atoms with Crippen LogP contribution in [0.25, 0.3) is 0 Å². The maximum absolute atomic E-state index is 11.3. The summed E-state index contributed by atoms with van der Waals surface area (Å²) in [5.74, 6) is -0.346. The van der Waals surface area contributed by atoms with E-state index in [4.69, 9.17) is 9.47 Å². The third kappa shape index (κ3) is 7.03. The standard InChI is InChI=1S/C17H33NO6/c1-3-4-5-6-7-8-9-10-23-17-14(18-12(2)20)16(22)15(21)13(11-19)24-17/h13-17,19,21-22H,3-11H2,1-2H3,(H,18,20)/t13-,14-,15+,16-,17+/m0/s1. The van der Waals surface area contributed by atoms with Crippen LogP contribution >= 0.6 is 0 Å². The molecule has 0 radical (unpaired) electrons. The molecule has 7 heteroatoms. The molecule has 1 aliphatic heterocycles. The van der Waals surface area contributed by atoms with E-state index in [-0.39, 0.29) is 5.91 Å². The van der Waals surface area contributed by atoms with Crippen LogP contribution in [0, 0.1) is 0 Å². The summed E-state index contributed by atoms with van der Waals surface area (Å²) >= 11 is 0. The highest BCUT2D eigenvalue weighted by Crippen LogP contribution is 2.22. The Bertz CT molecular complexity index is 354. The molecule has 1 rings (SSSR count). The lowest BCUT2D eigenvalue weighted by molar-refractivity contribution is -0.270. The van der Waals surface area contributed by atoms with Crippen molar-refractivity contribution in [3.8, 4) is 0 Å². The van der Waals surface area contributed by atoms with Crippen molar-refractivity contribution >= 4 is 5.91 Å². The maximum Gasteiger partial charge on any atom is 0.217 e. The van der Waals surface area contributed by atoms with E-state index in [1.54, 1.807) is 0 Å². The summed E-state index contributed by atoms with van der Waals surface area (Å²) in [6, 6.07) is -0.857. The van der Waals surface area contributed by atoms with Crippen molar-refractivity contribution in [1.29, 1.82) is 0 Å². The van der Waals surface area contributed by atoms with Crippen molar-refractivity contribution < 1.29 is 29.6 Å². The highest BCUT2D eigenvalue weighted by Gasteiger charge is 2.45. The summed E-state index contributed by atoms with van der Waals surface area (Å²) in [5.41, 5.74) is 0. The molecule has 0 aromatic rings. The summed E-state index contributed by atoms with van der Waals surface area (Å²) < 4.78 is 11.2. The number of ether oxygens (including phenoxy) is 2. The minimum absolute atomic E-state index is 0.346. The first kappa shape index (κ1) is 21.3. The van der Waals surface area contributed by atoms with Crippen molar-refractivity contribution in [2.75, 3.05) is 13.2 Å². The van der Waals surface area contributed by atoms with E-state index in [1.165, 1.54) is 32.6 Å². The molecule has 7 nitrogen and oxygen atoms in total. The monoisotopic (exact) mass is 347 g/mol. The lowest BCUT2D eigenvalue weighted by Gasteiger charge is -2.42. The van der Waals surface area contributed by atoms with E-state index in [1.807, 2.05) is 0 Å². The third-order valence-electron chi connectivity index (χ3n) is 4.28. The van der Waals surface area contributed by atoms with E-state index in [9.17, 15) is 20.1 Å². The zero-order valence-electron chi connectivity index (χ0n) is 14.8. The first-order valence-electron chi connectivity index (χ1n) is 9.02. The second-order valence-corrected chi connectivity index (χ2v) is 6.43. The number of carbonyl (C=O) groups excluding carboxylic acids is 1. The molecule has 1 fully saturated rings. The predicted octanol–water partition coefficient (Wildman–Crippen LogP) is 0.697. The number of hydrogen-bond acceptors (Lipinski definition) is 6. The number of rotatable bonds is 11. The van der Waals surface area contributed by atoms with Crippen LogP contribution in [0.1, 0.15) is 58.8 Å². The number of aliphatic hydroxyl groups is 3. The molecule has 0 spiro atoms. The van der Waals surface area contributed by atoms with E-state index >= 15 is 0 Å². The van der Waals surface area contributed by atoms with Gasteiger partial charge in [-0.25, -0.2) is 0 Å². The molecule has 5 atom stereocenters. The molecular formula is C17H33NO6. The Morgan fingerprint density at radius 3 is 2.29 bits per heavy atom. The summed E-state index contributed by atoms with van der Waals surface area (Å²) in [7, 11) is 0. The van der Waals surface area contributed by atoms with Crippen LogP contribution in [0.3, 0.4) is 0 Å². The van der Waals surface area contributed by atoms with Gasteiger partial charge in [-0.2, -0.15) is 0 Å². The quantitative estimate of drug-likeness (QED) is 0.410. The Hall–Kier alpha value is -0.730. The van der Waals surface area contributed by atoms with E-state index in [0.29, 0.717) is 6.61 Å². The second-order valence-electron chi connectivity index (χ2n) is 6.43. The van der Waals surface area contributed by atoms with Crippen LogP contribution in [0.4, 0.5) is 0 Å². The Labute approximate surface area is 144 Å². The number of aliphatic hydroxyl groups excluding tert-OH is 3. The van der Waals surface area contributed by atoms with Gasteiger partial charge in [0, 0.05) is 13.5 Å². The zero-order valence-corrected chi connectivity index (χ0v) is 14.8. The average Bonchev–Trinajstić information content (AvgIpc) is 2.55. The van der Waals surface area contributed by atoms with Crippen LogP contribution in [0.15, 0.2) is 0 Å². The lowest BCUT2D eigenvalue weighted by Crippen LogP contribution is -2.64. The highest BCUT2D eigenvalue weighted by molar-refractivity contribution is 5.73. The largest absolute Gasteiger partial charge is 0.394 e. The normalized spacial score (nSPS) is 30.3. The van der Waals surface area contributed by atoms with Crippen LogP contribution in [0.5, 0.6) is 0 Å². The van der Waals surface area contributed by atoms with Gasteiger partial charge in [-0.1, -0.05) is 45.4 Å². The SMILES string of the molecule is CCCCCCCCCO[C@@H]1O[C@@H](CO)[C@@H](O)[C@@H](O)[C@@H]1NC(C)=O. The van der Waals surface area contributed by atoms with Crippen molar-refractivity contribution in [2.45, 2.75) is 89.4 Å². The van der Waals surface area contributed by atoms with Gasteiger partial charge in [0.1, 0.15) is 24.4 Å². The number of carbonyl (C=O) groups is 1. The van der Waals surface area contributed by atoms with E-state index in [0.717, 1.165) is 19.3 Å². The zero-order chi connectivity index (χ0) is 17.9. The lowest BCUT2D eigenvalue weighted by atomic mass is 9.97. The molecule has 0 aliphatic carbocycles. The number of unbranched alkanes of at least 4 members (excludes halogenated alkanes) is 6. The van der Waals surface area contributed by atoms with Gasteiger partial charge in [-0.15, -0.1) is 0 Å². The average molecular weight is 347 g/mol. The fraction of sp³-hybridized carbons (Fsp3) is 0.941. The summed E-state index contributed by atoms with van der Waals surface area (Å²) in [6.07, 6.45) is 3.72. The Balaban J connectivity index is 2.39. The van der Waals surface area contributed by atoms with E-state index in [2.05, 4.69) is 12.2 Å². The van der Waals surface area contributed by atoms with Crippen molar-refractivity contribution in [1.82, 2.24) is 5.32 Å². The molecule has 0 aromatic carbocycles. The predicted molar refractivity (Wildman–Crippen MR) is 89.3 cm³/mol. The van der Waals surface area contributed by atoms with Gasteiger partial charge in [0.2, 0.25) is 5.91 Å². The number of nitrogens with one attached hydrogen (secondary N) is 1. The molecule has 24 heavy (non-hydrogen) atoms. The highest BCUT2D eigenvalue weighted by atomic mass is 16.7. The smallest absolute Gasteiger partial charge is 0.217 e. The van der Waals surface area contributed by atoms with Crippen LogP contribution in [-0.4, -0.2) is 65.1 Å². The van der Waals surface area contributed by atoms with Crippen molar-refractivity contribution in [2.24, 2.45) is 0 Å². The van der Waals surface area contributed by atoms with Crippen LogP contribution in [0.2, 0.25) is 0 Å². The molecule has 1 amide bonds. The Kier molecular flexibility index (Phi) is 10.4. The molecule has 1 saturated heterocycles. The first-order chi connectivity index (χ1) is 11.5. The Morgan fingerprint density at radius 1 is 1.08 bits per heavy atom. The summed E-state index contributed by atoms with van der Waals surface area (Å²) in [5, 5.41) is 31.8. The molecule has 142 valence electrons.